The van der Waals surface area contributed by atoms with Crippen molar-refractivity contribution >= 4 is 87.5 Å². The van der Waals surface area contributed by atoms with Crippen molar-refractivity contribution in [3.05, 3.63) is 181 Å². The summed E-state index contributed by atoms with van der Waals surface area (Å²) in [6, 6.07) is 53.5. The van der Waals surface area contributed by atoms with E-state index in [1.807, 2.05) is 18.2 Å². The first kappa shape index (κ1) is 30.7. The van der Waals surface area contributed by atoms with Gasteiger partial charge in [-0.3, -0.25) is 4.57 Å². The number of hydrogen-bond acceptors (Lipinski definition) is 4. The Bertz CT molecular complexity index is 3620. The van der Waals surface area contributed by atoms with Gasteiger partial charge in [-0.05, 0) is 78.2 Å². The third-order valence-electron chi connectivity index (χ3n) is 12.0. The summed E-state index contributed by atoms with van der Waals surface area (Å²) in [5, 5.41) is 8.11. The number of allylic oxidation sites excluding steroid dienone is 4. The highest BCUT2D eigenvalue weighted by atomic mass is 16.3. The van der Waals surface area contributed by atoms with Crippen molar-refractivity contribution < 1.29 is 4.42 Å². The van der Waals surface area contributed by atoms with Crippen molar-refractivity contribution in [1.29, 1.82) is 0 Å². The van der Waals surface area contributed by atoms with Crippen molar-refractivity contribution in [2.45, 2.75) is 12.3 Å². The van der Waals surface area contributed by atoms with Crippen molar-refractivity contribution in [3.8, 4) is 17.3 Å². The molecule has 1 unspecified atom stereocenters. The maximum absolute atomic E-state index is 6.69. The maximum atomic E-state index is 6.69. The Hall–Kier alpha value is -7.57. The molecule has 0 bridgehead atoms. The summed E-state index contributed by atoms with van der Waals surface area (Å²) >= 11 is 0. The summed E-state index contributed by atoms with van der Waals surface area (Å²) in [4.78, 5) is 15.7. The van der Waals surface area contributed by atoms with Gasteiger partial charge in [0, 0.05) is 43.8 Å². The summed E-state index contributed by atoms with van der Waals surface area (Å²) in [5.41, 5.74) is 11.8. The fraction of sp³-hybridized carbons (Fsp3) is 0.0392. The molecule has 0 aliphatic heterocycles. The highest BCUT2D eigenvalue weighted by Gasteiger charge is 2.26. The molecular formula is C51H31N5O. The van der Waals surface area contributed by atoms with Crippen LogP contribution in [-0.4, -0.2) is 23.9 Å². The second-order valence-electron chi connectivity index (χ2n) is 15.1. The molecule has 1 aliphatic carbocycles. The Morgan fingerprint density at radius 3 is 1.98 bits per heavy atom. The average molecular weight is 730 g/mol. The van der Waals surface area contributed by atoms with Gasteiger partial charge in [-0.2, -0.15) is 0 Å². The first-order chi connectivity index (χ1) is 28.3. The van der Waals surface area contributed by atoms with E-state index >= 15 is 0 Å². The van der Waals surface area contributed by atoms with Gasteiger partial charge >= 0.3 is 0 Å². The van der Waals surface area contributed by atoms with Crippen molar-refractivity contribution in [2.75, 3.05) is 0 Å². The van der Waals surface area contributed by atoms with Gasteiger partial charge in [0.05, 0.1) is 38.5 Å². The minimum atomic E-state index is -0.00902. The van der Waals surface area contributed by atoms with Crippen LogP contribution in [0.5, 0.6) is 0 Å². The van der Waals surface area contributed by atoms with E-state index in [9.17, 15) is 0 Å². The fourth-order valence-corrected chi connectivity index (χ4v) is 9.48. The van der Waals surface area contributed by atoms with Crippen LogP contribution in [0.15, 0.2) is 174 Å². The Kier molecular flexibility index (Phi) is 6.19. The van der Waals surface area contributed by atoms with E-state index in [1.165, 1.54) is 43.7 Å². The van der Waals surface area contributed by atoms with Gasteiger partial charge in [-0.25, -0.2) is 15.0 Å². The Balaban J connectivity index is 0.970. The highest BCUT2D eigenvalue weighted by Crippen LogP contribution is 2.45. The molecule has 1 atom stereocenters. The second kappa shape index (κ2) is 11.5. The standard InChI is InChI=1S/C51H31N5O/c1-2-13-30(14-3-1)51-53-41-29-38-36-19-7-9-22-42(36)55-45-26-25-32(28-39(45)46(47(38)55)48(41)57-51)31-15-12-16-33(27-31)49-52-40-21-8-4-20-37(40)50(54-49)56-43-23-10-5-17-34(43)35-18-6-11-24-44(35)56/h1-26,28-29,33H,27H2. The number of hydrogen-bond donors (Lipinski definition) is 0. The predicted octanol–water partition coefficient (Wildman–Crippen LogP) is 12.8. The lowest BCUT2D eigenvalue weighted by molar-refractivity contribution is 0.623. The largest absolute Gasteiger partial charge is 0.435 e. The zero-order chi connectivity index (χ0) is 37.2. The molecular weight excluding hydrogens is 699 g/mol. The lowest BCUT2D eigenvalue weighted by Gasteiger charge is -2.20. The van der Waals surface area contributed by atoms with Gasteiger partial charge in [0.25, 0.3) is 0 Å². The summed E-state index contributed by atoms with van der Waals surface area (Å²) in [6.45, 7) is 0. The van der Waals surface area contributed by atoms with E-state index in [1.54, 1.807) is 0 Å². The normalized spacial score (nSPS) is 14.8. The number of fused-ring (bicyclic) bond motifs is 12. The van der Waals surface area contributed by atoms with Crippen molar-refractivity contribution in [2.24, 2.45) is 0 Å². The summed E-state index contributed by atoms with van der Waals surface area (Å²) < 4.78 is 11.4. The van der Waals surface area contributed by atoms with Crippen LogP contribution >= 0.6 is 0 Å². The SMILES string of the molecule is C1=CC(c2nc(-n3c4ccccc4c4ccccc43)c3ccccc3n2)CC(c2ccc3c(c2)c2c4oc(-c5ccccc5)nc4cc4c5ccccc5n3c42)=C1. The van der Waals surface area contributed by atoms with Crippen LogP contribution < -0.4 is 0 Å². The molecule has 0 saturated carbocycles. The molecule has 5 heterocycles. The van der Waals surface area contributed by atoms with E-state index in [0.29, 0.717) is 5.89 Å². The van der Waals surface area contributed by atoms with E-state index in [0.717, 1.165) is 73.0 Å². The smallest absolute Gasteiger partial charge is 0.227 e. The number of benzene rings is 7. The number of oxazole rings is 1. The third-order valence-corrected chi connectivity index (χ3v) is 12.0. The Morgan fingerprint density at radius 1 is 0.526 bits per heavy atom. The Labute approximate surface area is 325 Å². The molecule has 0 saturated heterocycles. The molecule has 13 rings (SSSR count). The van der Waals surface area contributed by atoms with Gasteiger partial charge in [-0.1, -0.05) is 109 Å². The lowest BCUT2D eigenvalue weighted by Crippen LogP contribution is -2.09. The molecule has 266 valence electrons. The van der Waals surface area contributed by atoms with E-state index in [2.05, 4.69) is 161 Å². The zero-order valence-electron chi connectivity index (χ0n) is 30.6. The first-order valence-electron chi connectivity index (χ1n) is 19.5. The number of rotatable bonds is 4. The molecule has 0 N–H and O–H groups in total. The minimum Gasteiger partial charge on any atom is -0.435 e. The summed E-state index contributed by atoms with van der Waals surface area (Å²) in [7, 11) is 0. The number of para-hydroxylation sites is 4. The van der Waals surface area contributed by atoms with Crippen LogP contribution in [0.25, 0.3) is 105 Å². The van der Waals surface area contributed by atoms with Gasteiger partial charge in [0.2, 0.25) is 5.89 Å². The Morgan fingerprint density at radius 2 is 1.19 bits per heavy atom. The quantitative estimate of drug-likeness (QED) is 0.181. The highest BCUT2D eigenvalue weighted by molar-refractivity contribution is 6.30. The molecule has 0 spiro atoms. The predicted molar refractivity (Wildman–Crippen MR) is 232 cm³/mol. The van der Waals surface area contributed by atoms with Gasteiger partial charge in [-0.15, -0.1) is 0 Å². The van der Waals surface area contributed by atoms with E-state index < -0.39 is 0 Å². The molecule has 7 aromatic carbocycles. The third kappa shape index (κ3) is 4.32. The topological polar surface area (TPSA) is 61.2 Å². The van der Waals surface area contributed by atoms with Crippen LogP contribution in [0.2, 0.25) is 0 Å². The van der Waals surface area contributed by atoms with Crippen LogP contribution in [-0.2, 0) is 0 Å². The summed E-state index contributed by atoms with van der Waals surface area (Å²) in [5.74, 6) is 2.35. The van der Waals surface area contributed by atoms with Crippen LogP contribution in [0.4, 0.5) is 0 Å². The fourth-order valence-electron chi connectivity index (χ4n) is 9.48. The molecule has 0 fully saturated rings. The number of aromatic nitrogens is 5. The molecule has 0 amide bonds. The van der Waals surface area contributed by atoms with Crippen molar-refractivity contribution in [3.63, 3.8) is 0 Å². The first-order valence-corrected chi connectivity index (χ1v) is 19.5. The van der Waals surface area contributed by atoms with Crippen LogP contribution in [0.3, 0.4) is 0 Å². The molecule has 6 heteroatoms. The van der Waals surface area contributed by atoms with E-state index in [-0.39, 0.29) is 5.92 Å². The van der Waals surface area contributed by atoms with E-state index in [4.69, 9.17) is 19.4 Å². The molecule has 1 aliphatic rings. The molecule has 12 aromatic rings. The zero-order valence-corrected chi connectivity index (χ0v) is 30.6. The minimum absolute atomic E-state index is 0.00902. The monoisotopic (exact) mass is 729 g/mol. The average Bonchev–Trinajstić information content (AvgIpc) is 4.03. The molecule has 57 heavy (non-hydrogen) atoms. The molecule has 0 radical (unpaired) electrons. The van der Waals surface area contributed by atoms with Crippen LogP contribution in [0.1, 0.15) is 23.7 Å². The summed E-state index contributed by atoms with van der Waals surface area (Å²) in [6.07, 6.45) is 7.44. The van der Waals surface area contributed by atoms with Crippen molar-refractivity contribution in [1.82, 2.24) is 23.9 Å². The molecule has 5 aromatic heterocycles. The second-order valence-corrected chi connectivity index (χ2v) is 15.1. The van der Waals surface area contributed by atoms with Gasteiger partial charge in [0.15, 0.2) is 5.58 Å². The van der Waals surface area contributed by atoms with Crippen LogP contribution in [0, 0.1) is 0 Å². The van der Waals surface area contributed by atoms with Gasteiger partial charge in [0.1, 0.15) is 17.2 Å². The lowest BCUT2D eigenvalue weighted by atomic mass is 9.88. The maximum Gasteiger partial charge on any atom is 0.227 e. The van der Waals surface area contributed by atoms with Gasteiger partial charge < -0.3 is 8.82 Å². The molecule has 6 nitrogen and oxygen atoms in total. The number of nitrogens with zero attached hydrogens (tertiary/aromatic N) is 5.